The number of nitrogens with two attached hydrogens (primary N) is 1. The van der Waals surface area contributed by atoms with Gasteiger partial charge in [-0.2, -0.15) is 11.8 Å². The molecule has 3 N–H and O–H groups in total. The minimum absolute atomic E-state index is 0.152. The molecule has 18 heavy (non-hydrogen) atoms. The van der Waals surface area contributed by atoms with E-state index in [1.54, 1.807) is 0 Å². The van der Waals surface area contributed by atoms with E-state index in [1.165, 1.54) is 0 Å². The molecule has 1 amide bonds. The lowest BCUT2D eigenvalue weighted by Crippen LogP contribution is -2.47. The van der Waals surface area contributed by atoms with Gasteiger partial charge in [-0.05, 0) is 32.6 Å². The average molecular weight is 273 g/mol. The van der Waals surface area contributed by atoms with Gasteiger partial charge in [-0.15, -0.1) is 0 Å². The van der Waals surface area contributed by atoms with Gasteiger partial charge in [0.15, 0.2) is 0 Å². The molecule has 106 valence electrons. The van der Waals surface area contributed by atoms with Crippen LogP contribution in [0.4, 0.5) is 0 Å². The summed E-state index contributed by atoms with van der Waals surface area (Å²) in [4.78, 5) is 14.1. The number of nitrogens with one attached hydrogen (secondary N) is 1. The Morgan fingerprint density at radius 2 is 2.17 bits per heavy atom. The van der Waals surface area contributed by atoms with Crippen molar-refractivity contribution in [1.82, 2.24) is 10.2 Å². The van der Waals surface area contributed by atoms with Crippen LogP contribution in [-0.4, -0.2) is 54.5 Å². The van der Waals surface area contributed by atoms with Crippen molar-refractivity contribution >= 4 is 17.7 Å². The van der Waals surface area contributed by atoms with Gasteiger partial charge in [0.2, 0.25) is 5.91 Å². The van der Waals surface area contributed by atoms with Crippen LogP contribution in [0.5, 0.6) is 0 Å². The van der Waals surface area contributed by atoms with Crippen LogP contribution in [0.25, 0.3) is 0 Å². The Bertz CT molecular complexity index is 259. The Kier molecular flexibility index (Phi) is 7.04. The topological polar surface area (TPSA) is 58.4 Å². The highest BCUT2D eigenvalue weighted by Gasteiger charge is 2.27. The number of likely N-dealkylation sites (N-methyl/N-ethyl adjacent to an activating group) is 1. The molecule has 2 atom stereocenters. The van der Waals surface area contributed by atoms with Gasteiger partial charge in [-0.25, -0.2) is 0 Å². The van der Waals surface area contributed by atoms with Crippen LogP contribution in [0, 0.1) is 0 Å². The quantitative estimate of drug-likeness (QED) is 0.659. The molecule has 1 aliphatic carbocycles. The third kappa shape index (κ3) is 5.16. The highest BCUT2D eigenvalue weighted by Crippen LogP contribution is 2.19. The molecule has 0 saturated heterocycles. The van der Waals surface area contributed by atoms with E-state index in [-0.39, 0.29) is 11.9 Å². The SMILES string of the molecule is CCC(CSC)N(C)C(CN)CC(=O)NC1CC1. The van der Waals surface area contributed by atoms with E-state index in [0.717, 1.165) is 25.0 Å². The van der Waals surface area contributed by atoms with Gasteiger partial charge in [0, 0.05) is 36.8 Å². The van der Waals surface area contributed by atoms with E-state index in [4.69, 9.17) is 5.73 Å². The lowest BCUT2D eigenvalue weighted by Gasteiger charge is -2.33. The van der Waals surface area contributed by atoms with Crippen molar-refractivity contribution in [2.24, 2.45) is 5.73 Å². The van der Waals surface area contributed by atoms with Crippen molar-refractivity contribution in [2.75, 3.05) is 25.6 Å². The third-order valence-electron chi connectivity index (χ3n) is 3.62. The zero-order chi connectivity index (χ0) is 13.5. The van der Waals surface area contributed by atoms with Gasteiger partial charge < -0.3 is 11.1 Å². The fraction of sp³-hybridized carbons (Fsp3) is 0.923. The summed E-state index contributed by atoms with van der Waals surface area (Å²) in [5.41, 5.74) is 5.83. The molecule has 0 aromatic rings. The molecule has 0 aromatic carbocycles. The highest BCUT2D eigenvalue weighted by molar-refractivity contribution is 7.98. The molecule has 5 heteroatoms. The van der Waals surface area contributed by atoms with E-state index >= 15 is 0 Å². The first-order valence-corrected chi connectivity index (χ1v) is 8.22. The molecule has 0 bridgehead atoms. The van der Waals surface area contributed by atoms with Crippen LogP contribution in [0.1, 0.15) is 32.6 Å². The van der Waals surface area contributed by atoms with Crippen LogP contribution in [0.3, 0.4) is 0 Å². The van der Waals surface area contributed by atoms with Crippen LogP contribution >= 0.6 is 11.8 Å². The van der Waals surface area contributed by atoms with Crippen molar-refractivity contribution < 1.29 is 4.79 Å². The molecule has 0 aliphatic heterocycles. The number of hydrogen-bond acceptors (Lipinski definition) is 4. The van der Waals surface area contributed by atoms with Crippen LogP contribution < -0.4 is 11.1 Å². The summed E-state index contributed by atoms with van der Waals surface area (Å²) in [6.45, 7) is 2.73. The van der Waals surface area contributed by atoms with Crippen LogP contribution in [-0.2, 0) is 4.79 Å². The first-order chi connectivity index (χ1) is 8.62. The molecule has 1 saturated carbocycles. The summed E-state index contributed by atoms with van der Waals surface area (Å²) in [5.74, 6) is 1.24. The predicted molar refractivity (Wildman–Crippen MR) is 78.8 cm³/mol. The number of thioether (sulfide) groups is 1. The smallest absolute Gasteiger partial charge is 0.221 e. The van der Waals surface area contributed by atoms with Gasteiger partial charge in [0.25, 0.3) is 0 Å². The normalized spacial score (nSPS) is 18.7. The Morgan fingerprint density at radius 1 is 1.50 bits per heavy atom. The van der Waals surface area contributed by atoms with Gasteiger partial charge in [0.1, 0.15) is 0 Å². The summed E-state index contributed by atoms with van der Waals surface area (Å²) >= 11 is 1.85. The molecule has 0 heterocycles. The Balaban J connectivity index is 2.43. The Hall–Kier alpha value is -0.260. The van der Waals surface area contributed by atoms with E-state index in [0.29, 0.717) is 25.0 Å². The Labute approximate surface area is 115 Å². The standard InChI is InChI=1S/C13H27N3OS/c1-4-11(9-18-3)16(2)12(8-14)7-13(17)15-10-5-6-10/h10-12H,4-9,14H2,1-3H3,(H,15,17). The molecule has 1 aliphatic rings. The number of nitrogens with zero attached hydrogens (tertiary/aromatic N) is 1. The monoisotopic (exact) mass is 273 g/mol. The predicted octanol–water partition coefficient (Wildman–Crippen LogP) is 1.06. The van der Waals surface area contributed by atoms with Crippen molar-refractivity contribution in [1.29, 1.82) is 0 Å². The van der Waals surface area contributed by atoms with E-state index in [1.807, 2.05) is 11.8 Å². The Morgan fingerprint density at radius 3 is 2.61 bits per heavy atom. The molecule has 0 radical (unpaired) electrons. The molecule has 0 aromatic heterocycles. The molecular weight excluding hydrogens is 246 g/mol. The summed E-state index contributed by atoms with van der Waals surface area (Å²) in [6, 6.07) is 1.09. The molecule has 2 unspecified atom stereocenters. The van der Waals surface area contributed by atoms with Gasteiger partial charge in [0.05, 0.1) is 0 Å². The minimum atomic E-state index is 0.152. The number of rotatable bonds is 9. The molecule has 1 fully saturated rings. The summed E-state index contributed by atoms with van der Waals surface area (Å²) in [7, 11) is 2.09. The molecule has 0 spiro atoms. The molecule has 1 rings (SSSR count). The van der Waals surface area contributed by atoms with E-state index in [9.17, 15) is 4.79 Å². The summed E-state index contributed by atoms with van der Waals surface area (Å²) < 4.78 is 0. The third-order valence-corrected chi connectivity index (χ3v) is 4.34. The maximum absolute atomic E-state index is 11.8. The number of carbonyl (C=O) groups excluding carboxylic acids is 1. The van der Waals surface area contributed by atoms with Crippen LogP contribution in [0.15, 0.2) is 0 Å². The lowest BCUT2D eigenvalue weighted by molar-refractivity contribution is -0.122. The van der Waals surface area contributed by atoms with Crippen molar-refractivity contribution in [3.05, 3.63) is 0 Å². The largest absolute Gasteiger partial charge is 0.353 e. The van der Waals surface area contributed by atoms with Crippen LogP contribution in [0.2, 0.25) is 0 Å². The second-order valence-corrected chi connectivity index (χ2v) is 6.03. The first-order valence-electron chi connectivity index (χ1n) is 6.82. The van der Waals surface area contributed by atoms with Gasteiger partial charge in [-0.1, -0.05) is 6.92 Å². The maximum Gasteiger partial charge on any atom is 0.221 e. The van der Waals surface area contributed by atoms with E-state index < -0.39 is 0 Å². The molecule has 4 nitrogen and oxygen atoms in total. The summed E-state index contributed by atoms with van der Waals surface area (Å²) in [5, 5.41) is 3.04. The first kappa shape index (κ1) is 15.8. The number of carbonyl (C=O) groups is 1. The van der Waals surface area contributed by atoms with Crippen molar-refractivity contribution in [3.63, 3.8) is 0 Å². The maximum atomic E-state index is 11.8. The average Bonchev–Trinajstić information content (AvgIpc) is 3.16. The number of hydrogen-bond donors (Lipinski definition) is 2. The molecular formula is C13H27N3OS. The second kappa shape index (κ2) is 8.02. The van der Waals surface area contributed by atoms with Crippen molar-refractivity contribution in [2.45, 2.75) is 50.7 Å². The lowest BCUT2D eigenvalue weighted by atomic mass is 10.1. The number of amides is 1. The zero-order valence-corrected chi connectivity index (χ0v) is 12.6. The van der Waals surface area contributed by atoms with Gasteiger partial charge in [-0.3, -0.25) is 9.69 Å². The zero-order valence-electron chi connectivity index (χ0n) is 11.8. The highest BCUT2D eigenvalue weighted by atomic mass is 32.2. The summed E-state index contributed by atoms with van der Waals surface area (Å²) in [6.07, 6.45) is 6.01. The minimum Gasteiger partial charge on any atom is -0.353 e. The second-order valence-electron chi connectivity index (χ2n) is 5.12. The fourth-order valence-electron chi connectivity index (χ4n) is 2.14. The fourth-order valence-corrected chi connectivity index (χ4v) is 2.99. The van der Waals surface area contributed by atoms with E-state index in [2.05, 4.69) is 30.4 Å². The van der Waals surface area contributed by atoms with Gasteiger partial charge >= 0.3 is 0 Å². The van der Waals surface area contributed by atoms with Crippen molar-refractivity contribution in [3.8, 4) is 0 Å².